The first-order valence-corrected chi connectivity index (χ1v) is 9.56. The van der Waals surface area contributed by atoms with Gasteiger partial charge in [-0.1, -0.05) is 24.6 Å². The summed E-state index contributed by atoms with van der Waals surface area (Å²) in [4.78, 5) is 19.2. The van der Waals surface area contributed by atoms with Gasteiger partial charge < -0.3 is 26.8 Å². The number of nitrogens with zero attached hydrogens (tertiary/aromatic N) is 2. The number of benzene rings is 1. The van der Waals surface area contributed by atoms with Gasteiger partial charge in [-0.2, -0.15) is 0 Å². The molecule has 0 saturated heterocycles. The number of nitrogens with one attached hydrogen (secondary N) is 2. The normalized spacial score (nSPS) is 11.4. The standard InChI is InChI=1S/C20H31N7O/c1-15-7-5-6-10-18(15)19(28)24-11-12-27(23)14-16(21)8-3-2-4-9-17-13-25-20(22)26-17/h5-7,10,13-14H,2-4,8-9,11-12,21,23H2,1H3,(H,24,28)(H3,22,25,26)/b16-14-. The van der Waals surface area contributed by atoms with Gasteiger partial charge in [0.1, 0.15) is 0 Å². The van der Waals surface area contributed by atoms with Crippen LogP contribution in [0, 0.1) is 6.92 Å². The highest BCUT2D eigenvalue weighted by Gasteiger charge is 2.07. The molecule has 2 rings (SSSR count). The van der Waals surface area contributed by atoms with Crippen LogP contribution in [-0.2, 0) is 6.42 Å². The van der Waals surface area contributed by atoms with Crippen LogP contribution in [0.25, 0.3) is 0 Å². The number of anilines is 1. The Morgan fingerprint density at radius 3 is 2.79 bits per heavy atom. The molecule has 0 radical (unpaired) electrons. The minimum absolute atomic E-state index is 0.0949. The number of allylic oxidation sites excluding steroid dienone is 1. The van der Waals surface area contributed by atoms with Crippen molar-refractivity contribution in [2.45, 2.75) is 39.0 Å². The summed E-state index contributed by atoms with van der Waals surface area (Å²) >= 11 is 0. The first-order valence-electron chi connectivity index (χ1n) is 9.56. The van der Waals surface area contributed by atoms with Crippen LogP contribution < -0.4 is 22.6 Å². The topological polar surface area (TPSA) is 139 Å². The van der Waals surface area contributed by atoms with Gasteiger partial charge >= 0.3 is 0 Å². The maximum absolute atomic E-state index is 12.2. The van der Waals surface area contributed by atoms with Crippen LogP contribution in [0.4, 0.5) is 5.95 Å². The molecule has 1 aromatic heterocycles. The van der Waals surface area contributed by atoms with Crippen LogP contribution in [-0.4, -0.2) is 34.0 Å². The molecule has 2 aromatic rings. The van der Waals surface area contributed by atoms with E-state index < -0.39 is 0 Å². The molecule has 0 fully saturated rings. The number of imidazole rings is 1. The number of hydrogen-bond acceptors (Lipinski definition) is 6. The van der Waals surface area contributed by atoms with Crippen molar-refractivity contribution in [1.29, 1.82) is 0 Å². The van der Waals surface area contributed by atoms with Gasteiger partial charge in [0.25, 0.3) is 5.91 Å². The number of H-pyrrole nitrogens is 1. The summed E-state index contributed by atoms with van der Waals surface area (Å²) in [6.07, 6.45) is 8.32. The van der Waals surface area contributed by atoms with Crippen LogP contribution >= 0.6 is 0 Å². The average molecular weight is 386 g/mol. The average Bonchev–Trinajstić information content (AvgIpc) is 3.06. The molecule has 8 heteroatoms. The van der Waals surface area contributed by atoms with E-state index in [0.29, 0.717) is 24.6 Å². The molecule has 28 heavy (non-hydrogen) atoms. The summed E-state index contributed by atoms with van der Waals surface area (Å²) in [5, 5.41) is 4.39. The number of nitrogens with two attached hydrogens (primary N) is 3. The number of hydrogen-bond donors (Lipinski definition) is 5. The summed E-state index contributed by atoms with van der Waals surface area (Å²) in [7, 11) is 0. The molecular formula is C20H31N7O. The van der Waals surface area contributed by atoms with Gasteiger partial charge in [-0.3, -0.25) is 4.79 Å². The number of nitrogen functional groups attached to an aromatic ring is 1. The van der Waals surface area contributed by atoms with E-state index in [2.05, 4.69) is 15.3 Å². The minimum Gasteiger partial charge on any atom is -0.401 e. The Morgan fingerprint density at radius 2 is 2.07 bits per heavy atom. The summed E-state index contributed by atoms with van der Waals surface area (Å²) < 4.78 is 0. The molecule has 0 saturated carbocycles. The van der Waals surface area contributed by atoms with Crippen molar-refractivity contribution in [3.63, 3.8) is 0 Å². The van der Waals surface area contributed by atoms with E-state index in [0.717, 1.165) is 49.1 Å². The van der Waals surface area contributed by atoms with Gasteiger partial charge in [-0.25, -0.2) is 10.8 Å². The number of hydrazine groups is 1. The van der Waals surface area contributed by atoms with E-state index in [-0.39, 0.29) is 5.91 Å². The van der Waals surface area contributed by atoms with Gasteiger partial charge in [0.2, 0.25) is 0 Å². The van der Waals surface area contributed by atoms with Crippen molar-refractivity contribution >= 4 is 11.9 Å². The monoisotopic (exact) mass is 385 g/mol. The Labute approximate surface area is 166 Å². The van der Waals surface area contributed by atoms with Crippen LogP contribution in [0.5, 0.6) is 0 Å². The van der Waals surface area contributed by atoms with Gasteiger partial charge in [-0.05, 0) is 44.2 Å². The van der Waals surface area contributed by atoms with Gasteiger partial charge in [0, 0.05) is 29.7 Å². The highest BCUT2D eigenvalue weighted by Crippen LogP contribution is 2.09. The third-order valence-electron chi connectivity index (χ3n) is 4.44. The predicted octanol–water partition coefficient (Wildman–Crippen LogP) is 1.81. The summed E-state index contributed by atoms with van der Waals surface area (Å²) in [6.45, 7) is 2.85. The molecule has 0 atom stereocenters. The van der Waals surface area contributed by atoms with Gasteiger partial charge in [0.15, 0.2) is 5.95 Å². The smallest absolute Gasteiger partial charge is 0.251 e. The zero-order chi connectivity index (χ0) is 20.4. The van der Waals surface area contributed by atoms with Crippen molar-refractivity contribution in [3.05, 3.63) is 59.2 Å². The fraction of sp³-hybridized carbons (Fsp3) is 0.400. The van der Waals surface area contributed by atoms with Crippen molar-refractivity contribution in [3.8, 4) is 0 Å². The van der Waals surface area contributed by atoms with Crippen molar-refractivity contribution in [1.82, 2.24) is 20.3 Å². The lowest BCUT2D eigenvalue weighted by molar-refractivity contribution is 0.0950. The van der Waals surface area contributed by atoms with E-state index in [4.69, 9.17) is 17.3 Å². The highest BCUT2D eigenvalue weighted by molar-refractivity contribution is 5.95. The number of rotatable bonds is 11. The zero-order valence-electron chi connectivity index (χ0n) is 16.4. The SMILES string of the molecule is Cc1ccccc1C(=O)NCCN(N)/C=C(\N)CCCCCc1cnc(N)[nH]1. The second-order valence-electron chi connectivity index (χ2n) is 6.87. The molecule has 8 nitrogen and oxygen atoms in total. The first kappa shape index (κ1) is 21.3. The number of aryl methyl sites for hydroxylation is 2. The van der Waals surface area contributed by atoms with E-state index in [1.165, 1.54) is 5.01 Å². The molecule has 1 heterocycles. The summed E-state index contributed by atoms with van der Waals surface area (Å²) in [5.74, 6) is 6.30. The molecular weight excluding hydrogens is 354 g/mol. The lowest BCUT2D eigenvalue weighted by Gasteiger charge is -2.16. The van der Waals surface area contributed by atoms with Gasteiger partial charge in [-0.15, -0.1) is 0 Å². The Morgan fingerprint density at radius 1 is 1.29 bits per heavy atom. The maximum Gasteiger partial charge on any atom is 0.251 e. The van der Waals surface area contributed by atoms with E-state index in [9.17, 15) is 4.79 Å². The Hall–Kier alpha value is -3.00. The molecule has 1 amide bonds. The molecule has 0 bridgehead atoms. The molecule has 0 unspecified atom stereocenters. The number of aromatic amines is 1. The molecule has 0 aliphatic heterocycles. The lowest BCUT2D eigenvalue weighted by Crippen LogP contribution is -2.36. The summed E-state index contributed by atoms with van der Waals surface area (Å²) in [5.41, 5.74) is 15.0. The third-order valence-corrected chi connectivity index (χ3v) is 4.44. The number of carbonyl (C=O) groups is 1. The van der Waals surface area contributed by atoms with Crippen molar-refractivity contribution in [2.75, 3.05) is 18.8 Å². The molecule has 0 aliphatic carbocycles. The zero-order valence-corrected chi connectivity index (χ0v) is 16.4. The number of amides is 1. The van der Waals surface area contributed by atoms with E-state index in [1.807, 2.05) is 31.2 Å². The Balaban J connectivity index is 1.60. The second kappa shape index (κ2) is 11.0. The second-order valence-corrected chi connectivity index (χ2v) is 6.87. The number of unbranched alkanes of at least 4 members (excludes halogenated alkanes) is 2. The first-order chi connectivity index (χ1) is 13.5. The Kier molecular flexibility index (Phi) is 8.36. The van der Waals surface area contributed by atoms with Crippen LogP contribution in [0.15, 0.2) is 42.4 Å². The van der Waals surface area contributed by atoms with E-state index >= 15 is 0 Å². The van der Waals surface area contributed by atoms with Crippen LogP contribution in [0.1, 0.15) is 47.3 Å². The highest BCUT2D eigenvalue weighted by atomic mass is 16.1. The van der Waals surface area contributed by atoms with Crippen molar-refractivity contribution in [2.24, 2.45) is 11.6 Å². The molecule has 0 spiro atoms. The number of carbonyl (C=O) groups excluding carboxylic acids is 1. The largest absolute Gasteiger partial charge is 0.401 e. The van der Waals surface area contributed by atoms with Gasteiger partial charge in [0.05, 0.1) is 12.7 Å². The fourth-order valence-corrected chi connectivity index (χ4v) is 2.89. The molecule has 0 aliphatic rings. The van der Waals surface area contributed by atoms with Crippen LogP contribution in [0.2, 0.25) is 0 Å². The third kappa shape index (κ3) is 7.32. The predicted molar refractivity (Wildman–Crippen MR) is 112 cm³/mol. The molecule has 152 valence electrons. The quantitative estimate of drug-likeness (QED) is 0.227. The summed E-state index contributed by atoms with van der Waals surface area (Å²) in [6, 6.07) is 7.49. The fourth-order valence-electron chi connectivity index (χ4n) is 2.89. The number of aromatic nitrogens is 2. The lowest BCUT2D eigenvalue weighted by atomic mass is 10.1. The maximum atomic E-state index is 12.2. The Bertz CT molecular complexity index is 784. The molecule has 8 N–H and O–H groups in total. The molecule has 1 aromatic carbocycles. The van der Waals surface area contributed by atoms with E-state index in [1.54, 1.807) is 12.4 Å². The van der Waals surface area contributed by atoms with Crippen molar-refractivity contribution < 1.29 is 4.79 Å². The minimum atomic E-state index is -0.0949. The van der Waals surface area contributed by atoms with Crippen LogP contribution in [0.3, 0.4) is 0 Å².